The van der Waals surface area contributed by atoms with Crippen molar-refractivity contribution in [3.63, 3.8) is 0 Å². The molecule has 0 heterocycles. The van der Waals surface area contributed by atoms with Crippen LogP contribution in [0.1, 0.15) is 36.0 Å². The van der Waals surface area contributed by atoms with Gasteiger partial charge in [-0.3, -0.25) is 62.3 Å². The Labute approximate surface area is 361 Å². The van der Waals surface area contributed by atoms with Crippen molar-refractivity contribution in [1.82, 2.24) is 31.9 Å². The molecule has 23 nitrogen and oxygen atoms in total. The summed E-state index contributed by atoms with van der Waals surface area (Å²) in [7, 11) is 0. The molecule has 60 heavy (non-hydrogen) atoms. The fourth-order valence-electron chi connectivity index (χ4n) is 2.93. The Morgan fingerprint density at radius 2 is 1.05 bits per heavy atom. The molecule has 27 heteroatoms. The van der Waals surface area contributed by atoms with E-state index in [4.69, 9.17) is 45.6 Å². The van der Waals surface area contributed by atoms with Crippen LogP contribution in [0.2, 0.25) is 0 Å². The fourth-order valence-corrected chi connectivity index (χ4v) is 3.69. The van der Waals surface area contributed by atoms with Crippen molar-refractivity contribution < 1.29 is 76.9 Å². The number of ketones is 2. The summed E-state index contributed by atoms with van der Waals surface area (Å²) in [5, 5.41) is 21.0. The summed E-state index contributed by atoms with van der Waals surface area (Å²) in [6.45, 7) is -1.47. The first kappa shape index (κ1) is 58.6. The van der Waals surface area contributed by atoms with Gasteiger partial charge < -0.3 is 52.2 Å². The first-order chi connectivity index (χ1) is 28.4. The number of carboxylic acids is 1. The van der Waals surface area contributed by atoms with Crippen LogP contribution in [0.3, 0.4) is 0 Å². The van der Waals surface area contributed by atoms with Gasteiger partial charge in [-0.2, -0.15) is 0 Å². The highest BCUT2D eigenvalue weighted by Gasteiger charge is 2.12. The summed E-state index contributed by atoms with van der Waals surface area (Å²) in [6, 6.07) is 8.47. The molecule has 1 rings (SSSR count). The van der Waals surface area contributed by atoms with Crippen molar-refractivity contribution in [2.24, 2.45) is 5.73 Å². The van der Waals surface area contributed by atoms with Crippen molar-refractivity contribution in [2.75, 3.05) is 63.7 Å². The zero-order valence-corrected chi connectivity index (χ0v) is 34.7. The predicted molar refractivity (Wildman–Crippen MR) is 213 cm³/mol. The molecule has 0 unspecified atom stereocenters. The van der Waals surface area contributed by atoms with Crippen LogP contribution in [0.25, 0.3) is 0 Å². The maximum absolute atomic E-state index is 11.8. The van der Waals surface area contributed by atoms with Gasteiger partial charge >= 0.3 is 5.97 Å². The molecule has 0 aromatic heterocycles. The van der Waals surface area contributed by atoms with Crippen LogP contribution >= 0.6 is 46.6 Å². The largest absolute Gasteiger partial charge is 0.480 e. The minimum Gasteiger partial charge on any atom is -0.480 e. The molecule has 0 saturated heterocycles. The van der Waals surface area contributed by atoms with E-state index in [1.807, 2.05) is 0 Å². The number of ether oxygens (including phenoxy) is 2. The summed E-state index contributed by atoms with van der Waals surface area (Å²) in [5.41, 5.74) is 5.50. The van der Waals surface area contributed by atoms with Crippen LogP contribution in [-0.2, 0) is 67.0 Å². The van der Waals surface area contributed by atoms with Crippen molar-refractivity contribution in [2.45, 2.75) is 25.7 Å². The van der Waals surface area contributed by atoms with Crippen molar-refractivity contribution in [3.05, 3.63) is 35.9 Å². The van der Waals surface area contributed by atoms with E-state index < -0.39 is 53.8 Å². The highest BCUT2D eigenvalue weighted by atomic mass is 35.5. The van der Waals surface area contributed by atoms with Crippen LogP contribution in [-0.4, -0.2) is 145 Å². The van der Waals surface area contributed by atoms with Gasteiger partial charge in [0.2, 0.25) is 45.8 Å². The number of amides is 6. The number of carboxylic acid groups (broad SMARTS) is 1. The molecule has 334 valence electrons. The lowest BCUT2D eigenvalue weighted by Crippen LogP contribution is -2.43. The molecular formula is C33H44Cl3N7O16S. The number of nitrogens with one attached hydrogen (secondary N) is 6. The number of halogens is 3. The molecule has 1 aromatic rings. The van der Waals surface area contributed by atoms with Gasteiger partial charge in [0.1, 0.15) is 18.2 Å². The zero-order chi connectivity index (χ0) is 46.1. The third-order valence-corrected chi connectivity index (χ3v) is 7.37. The number of rotatable bonds is 26. The molecular weight excluding hydrogens is 889 g/mol. The number of hydrogen-bond acceptors (Lipinski definition) is 17. The molecule has 0 spiro atoms. The number of hydrogen-bond donors (Lipinski definition) is 8. The van der Waals surface area contributed by atoms with Crippen molar-refractivity contribution >= 4 is 123 Å². The molecule has 0 fully saturated rings. The topological polar surface area (TPSA) is 359 Å². The second-order valence-corrected chi connectivity index (χ2v) is 12.3. The molecule has 6 amide bonds. The van der Waals surface area contributed by atoms with Gasteiger partial charge in [-0.05, 0) is 11.6 Å². The Hall–Kier alpha value is -5.69. The van der Waals surface area contributed by atoms with Crippen LogP contribution < -0.4 is 37.6 Å². The lowest BCUT2D eigenvalue weighted by Gasteiger charge is -2.07. The highest BCUT2D eigenvalue weighted by molar-refractivity contribution is 8.14. The summed E-state index contributed by atoms with van der Waals surface area (Å²) in [5.74, 6) is -5.07. The first-order valence-corrected chi connectivity index (χ1v) is 19.1. The summed E-state index contributed by atoms with van der Waals surface area (Å²) in [6.07, 6.45) is 0.148. The van der Waals surface area contributed by atoms with E-state index in [2.05, 4.69) is 41.4 Å². The molecule has 0 saturated carbocycles. The Morgan fingerprint density at radius 1 is 0.600 bits per heavy atom. The summed E-state index contributed by atoms with van der Waals surface area (Å²) in [4.78, 5) is 140. The highest BCUT2D eigenvalue weighted by Crippen LogP contribution is 2.11. The van der Waals surface area contributed by atoms with Gasteiger partial charge in [0.05, 0.1) is 37.8 Å². The maximum atomic E-state index is 11.8. The molecule has 0 bridgehead atoms. The number of alkyl halides is 2. The number of Topliss-reactive ketones (excluding diaryl/α,β-unsaturated/α-hetero) is 2. The normalized spacial score (nSPS) is 9.27. The third kappa shape index (κ3) is 41.9. The van der Waals surface area contributed by atoms with Gasteiger partial charge in [0, 0.05) is 31.2 Å². The summed E-state index contributed by atoms with van der Waals surface area (Å²) < 4.78 is 8.45. The fraction of sp³-hybridized carbons (Fsp3) is 0.424. The third-order valence-electron chi connectivity index (χ3n) is 5.71. The number of thioether (sulfide) groups is 1. The lowest BCUT2D eigenvalue weighted by molar-refractivity contribution is -0.138. The van der Waals surface area contributed by atoms with Crippen LogP contribution in [0.4, 0.5) is 0 Å². The molecule has 0 radical (unpaired) electrons. The van der Waals surface area contributed by atoms with E-state index in [1.54, 1.807) is 30.3 Å². The molecule has 0 atom stereocenters. The van der Waals surface area contributed by atoms with E-state index in [0.29, 0.717) is 5.56 Å². The second-order valence-electron chi connectivity index (χ2n) is 10.4. The van der Waals surface area contributed by atoms with E-state index in [-0.39, 0.29) is 112 Å². The van der Waals surface area contributed by atoms with Crippen LogP contribution in [0.5, 0.6) is 0 Å². The van der Waals surface area contributed by atoms with Crippen molar-refractivity contribution in [3.8, 4) is 0 Å². The Kier molecular flexibility index (Phi) is 39.2. The minimum absolute atomic E-state index is 0.00448. The van der Waals surface area contributed by atoms with Gasteiger partial charge in [-0.1, -0.05) is 42.1 Å². The molecule has 1 aromatic carbocycles. The Morgan fingerprint density at radius 3 is 1.48 bits per heavy atom. The Bertz CT molecular complexity index is 1580. The van der Waals surface area contributed by atoms with E-state index >= 15 is 0 Å². The molecule has 0 aliphatic carbocycles. The van der Waals surface area contributed by atoms with Gasteiger partial charge in [0.25, 0.3) is 12.9 Å². The second kappa shape index (κ2) is 40.1. The maximum Gasteiger partial charge on any atom is 0.322 e. The minimum atomic E-state index is -1.20. The number of nitrogens with two attached hydrogens (primary N) is 1. The zero-order valence-electron chi connectivity index (χ0n) is 31.6. The lowest BCUT2D eigenvalue weighted by atomic mass is 10.2. The number of carbonyl (C=O) groups is 13. The summed E-state index contributed by atoms with van der Waals surface area (Å²) >= 11 is 15.6. The van der Waals surface area contributed by atoms with Crippen LogP contribution in [0.15, 0.2) is 30.3 Å². The van der Waals surface area contributed by atoms with Gasteiger partial charge in [-0.25, -0.2) is 0 Å². The van der Waals surface area contributed by atoms with Gasteiger partial charge in [-0.15, -0.1) is 23.2 Å². The predicted octanol–water partition coefficient (Wildman–Crippen LogP) is -2.54. The number of aliphatic carboxylic acids is 1. The quantitative estimate of drug-likeness (QED) is 0.0156. The van der Waals surface area contributed by atoms with Crippen molar-refractivity contribution in [1.29, 1.82) is 0 Å². The number of carbonyl (C=O) groups excluding carboxylic acids is 12. The average molecular weight is 933 g/mol. The molecule has 9 N–H and O–H groups in total. The monoisotopic (exact) mass is 931 g/mol. The number of benzene rings is 1. The SMILES string of the molecule is NCC(=O)CCC(=O)NCOC=O.O=C(Cl)CCl.O=C(O)CNC(=O)CNC(=O)CNC(=O)CSC(=O)c1ccccc1.O=COCNC(=O)CCC(=O)CNC(=O)CCl. The van der Waals surface area contributed by atoms with E-state index in [0.717, 1.165) is 11.8 Å². The standard InChI is InChI=1S/C15H17N3O6S.C9H13ClN2O5.C7H12N2O4.C2H2Cl2O/c19-11(16-6-12(20)18-8-14(22)23)7-17-13(21)9-25-15(24)10-4-2-1-3-5-10;10-3-9(16)11-4-7(14)1-2-8(15)12-5-17-6-13;8-3-6(11)1-2-7(12)9-4-13-5-10;3-1-2(4)5/h1-5H,6-9H2,(H,16,19)(H,17,21)(H,18,20)(H,22,23);6H,1-5H2,(H,11,16)(H,12,15);5H,1-4,8H2,(H,9,12);1H2. The van der Waals surface area contributed by atoms with E-state index in [1.165, 1.54) is 0 Å². The molecule has 0 aliphatic heterocycles. The molecule has 0 aliphatic rings. The van der Waals surface area contributed by atoms with Gasteiger partial charge in [0.15, 0.2) is 19.2 Å². The smallest absolute Gasteiger partial charge is 0.322 e. The average Bonchev–Trinajstić information content (AvgIpc) is 3.24. The Balaban J connectivity index is -0.000000806. The first-order valence-electron chi connectivity index (χ1n) is 16.6. The van der Waals surface area contributed by atoms with Crippen LogP contribution in [0, 0.1) is 0 Å². The van der Waals surface area contributed by atoms with E-state index in [9.17, 15) is 62.3 Å².